The summed E-state index contributed by atoms with van der Waals surface area (Å²) in [6.07, 6.45) is 12.6. The van der Waals surface area contributed by atoms with E-state index in [-0.39, 0.29) is 29.7 Å². The molecule has 2 aliphatic carbocycles. The number of rotatable bonds is 8. The van der Waals surface area contributed by atoms with Gasteiger partial charge in [-0.15, -0.1) is 0 Å². The Morgan fingerprint density at radius 2 is 1.75 bits per heavy atom. The van der Waals surface area contributed by atoms with Crippen molar-refractivity contribution in [3.63, 3.8) is 0 Å². The van der Waals surface area contributed by atoms with Crippen LogP contribution in [-0.4, -0.2) is 39.5 Å². The number of hydrogen-bond acceptors (Lipinski definition) is 3. The molecule has 194 valence electrons. The minimum absolute atomic E-state index is 0.0632. The van der Waals surface area contributed by atoms with E-state index in [1.165, 1.54) is 25.7 Å². The number of carbonyl (C=O) groups excluding carboxylic acids is 2. The quantitative estimate of drug-likeness (QED) is 0.414. The Balaban J connectivity index is 1.32. The van der Waals surface area contributed by atoms with Gasteiger partial charge in [0.25, 0.3) is 0 Å². The Hall–Kier alpha value is -2.83. The van der Waals surface area contributed by atoms with Gasteiger partial charge in [0, 0.05) is 22.7 Å². The smallest absolute Gasteiger partial charge is 0.326 e. The number of H-pyrrole nitrogens is 1. The van der Waals surface area contributed by atoms with E-state index in [0.29, 0.717) is 18.8 Å². The van der Waals surface area contributed by atoms with Crippen LogP contribution in [0.4, 0.5) is 0 Å². The maximum atomic E-state index is 13.7. The number of para-hydroxylation sites is 1. The number of aromatic amines is 1. The molecule has 1 saturated heterocycles. The second-order valence-corrected chi connectivity index (χ2v) is 11.5. The van der Waals surface area contributed by atoms with Gasteiger partial charge in [0.05, 0.1) is 5.92 Å². The second kappa shape index (κ2) is 10.7. The van der Waals surface area contributed by atoms with Crippen LogP contribution in [0.5, 0.6) is 0 Å². The Labute approximate surface area is 212 Å². The van der Waals surface area contributed by atoms with Crippen LogP contribution >= 0.6 is 0 Å². The van der Waals surface area contributed by atoms with E-state index in [4.69, 9.17) is 0 Å². The maximum Gasteiger partial charge on any atom is 0.326 e. The molecule has 1 spiro atoms. The number of aliphatic carboxylic acids is 1. The Bertz CT molecular complexity index is 1060. The van der Waals surface area contributed by atoms with Crippen molar-refractivity contribution in [2.45, 2.75) is 101 Å². The number of carbonyl (C=O) groups is 3. The first kappa shape index (κ1) is 24.8. The topological polar surface area (TPSA) is 111 Å². The predicted octanol–water partition coefficient (Wildman–Crippen LogP) is 5.02. The Kier molecular flexibility index (Phi) is 7.35. The van der Waals surface area contributed by atoms with Gasteiger partial charge in [0.1, 0.15) is 6.04 Å². The summed E-state index contributed by atoms with van der Waals surface area (Å²) < 4.78 is 0. The number of fused-ring (bicyclic) bond motifs is 1. The number of benzene rings is 1. The highest BCUT2D eigenvalue weighted by Gasteiger charge is 2.46. The fourth-order valence-electron chi connectivity index (χ4n) is 6.92. The predicted molar refractivity (Wildman–Crippen MR) is 138 cm³/mol. The van der Waals surface area contributed by atoms with Crippen molar-refractivity contribution < 1.29 is 19.5 Å². The van der Waals surface area contributed by atoms with Crippen molar-refractivity contribution in [1.29, 1.82) is 0 Å². The molecule has 7 nitrogen and oxygen atoms in total. The first-order valence-corrected chi connectivity index (χ1v) is 13.9. The molecule has 3 fully saturated rings. The van der Waals surface area contributed by atoms with E-state index >= 15 is 0 Å². The first-order valence-electron chi connectivity index (χ1n) is 13.9. The molecule has 3 atom stereocenters. The van der Waals surface area contributed by atoms with Crippen LogP contribution in [0, 0.1) is 11.8 Å². The number of amides is 2. The molecule has 2 unspecified atom stereocenters. The molecule has 7 heteroatoms. The lowest BCUT2D eigenvalue weighted by Crippen LogP contribution is -2.45. The third-order valence-electron chi connectivity index (χ3n) is 8.88. The van der Waals surface area contributed by atoms with Gasteiger partial charge >= 0.3 is 5.97 Å². The molecule has 0 bridgehead atoms. The van der Waals surface area contributed by atoms with Crippen molar-refractivity contribution in [1.82, 2.24) is 15.6 Å². The summed E-state index contributed by atoms with van der Waals surface area (Å²) >= 11 is 0. The molecular formula is C29H39N3O4. The first-order chi connectivity index (χ1) is 17.4. The Morgan fingerprint density at radius 3 is 2.47 bits per heavy atom. The highest BCUT2D eigenvalue weighted by Crippen LogP contribution is 2.39. The molecule has 4 N–H and O–H groups in total. The number of carboxylic acid groups (broad SMARTS) is 1. The standard InChI is InChI=1S/C29H39N3O4/c33-26-21(18-29(32-26)13-7-2-8-14-29)17-25(28(35)36)31-27(34)22(15-19-9-3-1-4-10-19)24-16-20-11-5-6-12-23(20)30-24/h5-6,11-12,16,19,21-22,25,30H,1-4,7-10,13-15,17-18H2,(H,31,34)(H,32,33)(H,35,36)/t21?,22-,25?/m1/s1. The zero-order valence-electron chi connectivity index (χ0n) is 21.1. The van der Waals surface area contributed by atoms with Gasteiger partial charge in [-0.1, -0.05) is 69.6 Å². The highest BCUT2D eigenvalue weighted by molar-refractivity contribution is 5.90. The minimum Gasteiger partial charge on any atom is -0.480 e. The fraction of sp³-hybridized carbons (Fsp3) is 0.621. The number of nitrogens with one attached hydrogen (secondary N) is 3. The van der Waals surface area contributed by atoms with E-state index in [2.05, 4.69) is 15.6 Å². The van der Waals surface area contributed by atoms with Crippen LogP contribution in [0.25, 0.3) is 10.9 Å². The van der Waals surface area contributed by atoms with Crippen molar-refractivity contribution in [2.75, 3.05) is 0 Å². The summed E-state index contributed by atoms with van der Waals surface area (Å²) in [5, 5.41) is 17.1. The summed E-state index contributed by atoms with van der Waals surface area (Å²) in [5.74, 6) is -1.76. The van der Waals surface area contributed by atoms with E-state index in [9.17, 15) is 19.5 Å². The van der Waals surface area contributed by atoms with Crippen LogP contribution in [0.3, 0.4) is 0 Å². The van der Waals surface area contributed by atoms with Crippen molar-refractivity contribution in [3.8, 4) is 0 Å². The summed E-state index contributed by atoms with van der Waals surface area (Å²) in [6, 6.07) is 8.90. The lowest BCUT2D eigenvalue weighted by Gasteiger charge is -2.33. The zero-order valence-corrected chi connectivity index (χ0v) is 21.1. The molecule has 1 aliphatic heterocycles. The van der Waals surface area contributed by atoms with Gasteiger partial charge in [-0.3, -0.25) is 9.59 Å². The molecule has 2 aromatic rings. The third kappa shape index (κ3) is 5.45. The lowest BCUT2D eigenvalue weighted by atomic mass is 9.78. The van der Waals surface area contributed by atoms with Crippen molar-refractivity contribution in [2.24, 2.45) is 11.8 Å². The van der Waals surface area contributed by atoms with Crippen LogP contribution in [0.15, 0.2) is 30.3 Å². The molecule has 1 aromatic heterocycles. The summed E-state index contributed by atoms with van der Waals surface area (Å²) in [6.45, 7) is 0. The van der Waals surface area contributed by atoms with E-state index in [0.717, 1.165) is 55.1 Å². The molecule has 2 heterocycles. The summed E-state index contributed by atoms with van der Waals surface area (Å²) in [4.78, 5) is 42.1. The van der Waals surface area contributed by atoms with E-state index in [1.54, 1.807) is 0 Å². The van der Waals surface area contributed by atoms with Crippen LogP contribution < -0.4 is 10.6 Å². The second-order valence-electron chi connectivity index (χ2n) is 11.5. The van der Waals surface area contributed by atoms with Gasteiger partial charge in [-0.2, -0.15) is 0 Å². The van der Waals surface area contributed by atoms with Crippen molar-refractivity contribution in [3.05, 3.63) is 36.0 Å². The van der Waals surface area contributed by atoms with Gasteiger partial charge in [-0.05, 0) is 55.5 Å². The minimum atomic E-state index is -1.08. The Morgan fingerprint density at radius 1 is 1.03 bits per heavy atom. The molecule has 0 radical (unpaired) electrons. The lowest BCUT2D eigenvalue weighted by molar-refractivity contribution is -0.143. The average molecular weight is 494 g/mol. The van der Waals surface area contributed by atoms with Gasteiger partial charge < -0.3 is 20.7 Å². The van der Waals surface area contributed by atoms with Gasteiger partial charge in [-0.25, -0.2) is 4.79 Å². The summed E-state index contributed by atoms with van der Waals surface area (Å²) in [7, 11) is 0. The zero-order chi connectivity index (χ0) is 25.1. The molecule has 1 aromatic carbocycles. The number of aromatic nitrogens is 1. The van der Waals surface area contributed by atoms with E-state index < -0.39 is 17.9 Å². The molecule has 5 rings (SSSR count). The monoisotopic (exact) mass is 493 g/mol. The highest BCUT2D eigenvalue weighted by atomic mass is 16.4. The largest absolute Gasteiger partial charge is 0.480 e. The average Bonchev–Trinajstić information content (AvgIpc) is 3.43. The third-order valence-corrected chi connectivity index (χ3v) is 8.88. The normalized spacial score (nSPS) is 23.9. The summed E-state index contributed by atoms with van der Waals surface area (Å²) in [5.41, 5.74) is 1.63. The number of carboxylic acids is 1. The van der Waals surface area contributed by atoms with Gasteiger partial charge in [0.2, 0.25) is 11.8 Å². The van der Waals surface area contributed by atoms with E-state index in [1.807, 2.05) is 30.3 Å². The van der Waals surface area contributed by atoms with Crippen LogP contribution in [0.2, 0.25) is 0 Å². The molecule has 2 amide bonds. The van der Waals surface area contributed by atoms with Crippen LogP contribution in [-0.2, 0) is 14.4 Å². The SMILES string of the molecule is O=C1NC2(CCCCC2)CC1CC(NC(=O)[C@H](CC1CCCCC1)c1cc2ccccc2[nH]1)C(=O)O. The maximum absolute atomic E-state index is 13.7. The van der Waals surface area contributed by atoms with Crippen LogP contribution in [0.1, 0.15) is 95.1 Å². The molecular weight excluding hydrogens is 454 g/mol. The number of hydrogen-bond donors (Lipinski definition) is 4. The molecule has 3 aliphatic rings. The fourth-order valence-corrected chi connectivity index (χ4v) is 6.92. The van der Waals surface area contributed by atoms with Crippen molar-refractivity contribution >= 4 is 28.7 Å². The van der Waals surface area contributed by atoms with Gasteiger partial charge in [0.15, 0.2) is 0 Å². The molecule has 36 heavy (non-hydrogen) atoms. The molecule has 2 saturated carbocycles.